The number of fused-ring (bicyclic) bond motifs is 8. The SMILES string of the molecule is CCCCC(C)(C)C1(c2ccc(Oc3ccc(C4(C)c5ccccc5-c5cc6ccccc6cc54)cc3)cc2)c2ccccc2-c2cc3ccccc3cc21. The molecule has 268 valence electrons. The Hall–Kier alpha value is -5.92. The van der Waals surface area contributed by atoms with Crippen LogP contribution in [0.25, 0.3) is 43.8 Å². The fourth-order valence-electron chi connectivity index (χ4n) is 10.5. The monoisotopic (exact) mass is 710 g/mol. The number of ether oxygens (including phenoxy) is 1. The lowest BCUT2D eigenvalue weighted by atomic mass is 9.55. The van der Waals surface area contributed by atoms with Crippen LogP contribution in [-0.4, -0.2) is 0 Å². The molecule has 0 saturated heterocycles. The predicted molar refractivity (Wildman–Crippen MR) is 230 cm³/mol. The molecule has 10 rings (SSSR count). The summed E-state index contributed by atoms with van der Waals surface area (Å²) in [7, 11) is 0. The minimum Gasteiger partial charge on any atom is -0.457 e. The van der Waals surface area contributed by atoms with Crippen molar-refractivity contribution in [3.8, 4) is 33.8 Å². The molecule has 1 nitrogen and oxygen atoms in total. The lowest BCUT2D eigenvalue weighted by Gasteiger charge is -2.47. The van der Waals surface area contributed by atoms with E-state index in [9.17, 15) is 0 Å². The van der Waals surface area contributed by atoms with Gasteiger partial charge in [-0.25, -0.2) is 0 Å². The second kappa shape index (κ2) is 12.6. The summed E-state index contributed by atoms with van der Waals surface area (Å²) in [4.78, 5) is 0. The molecule has 2 aliphatic rings. The van der Waals surface area contributed by atoms with Crippen LogP contribution in [0.1, 0.15) is 80.3 Å². The van der Waals surface area contributed by atoms with Crippen molar-refractivity contribution in [3.63, 3.8) is 0 Å². The Labute approximate surface area is 325 Å². The van der Waals surface area contributed by atoms with Crippen molar-refractivity contribution >= 4 is 21.5 Å². The molecule has 1 heteroatoms. The van der Waals surface area contributed by atoms with Gasteiger partial charge < -0.3 is 4.74 Å². The quantitative estimate of drug-likeness (QED) is 0.153. The predicted octanol–water partition coefficient (Wildman–Crippen LogP) is 14.7. The number of unbranched alkanes of at least 4 members (excludes halogenated alkanes) is 1. The summed E-state index contributed by atoms with van der Waals surface area (Å²) >= 11 is 0. The first-order valence-electron chi connectivity index (χ1n) is 20.0. The van der Waals surface area contributed by atoms with E-state index < -0.39 is 0 Å². The molecule has 55 heavy (non-hydrogen) atoms. The van der Waals surface area contributed by atoms with Crippen LogP contribution < -0.4 is 4.74 Å². The summed E-state index contributed by atoms with van der Waals surface area (Å²) in [6.07, 6.45) is 3.48. The van der Waals surface area contributed by atoms with Gasteiger partial charge in [0.15, 0.2) is 0 Å². The Morgan fingerprint density at radius 1 is 0.455 bits per heavy atom. The Bertz CT molecular complexity index is 2750. The molecule has 2 unspecified atom stereocenters. The molecule has 0 aliphatic heterocycles. The van der Waals surface area contributed by atoms with Gasteiger partial charge in [-0.15, -0.1) is 0 Å². The van der Waals surface area contributed by atoms with Crippen molar-refractivity contribution < 1.29 is 4.74 Å². The van der Waals surface area contributed by atoms with Gasteiger partial charge in [-0.3, -0.25) is 0 Å². The minimum atomic E-state index is -0.313. The lowest BCUT2D eigenvalue weighted by Crippen LogP contribution is -2.42. The van der Waals surface area contributed by atoms with Crippen LogP contribution >= 0.6 is 0 Å². The van der Waals surface area contributed by atoms with Crippen LogP contribution in [0.4, 0.5) is 0 Å². The van der Waals surface area contributed by atoms with Gasteiger partial charge in [0.25, 0.3) is 0 Å². The molecule has 0 bridgehead atoms. The fraction of sp³-hybridized carbons (Fsp3) is 0.185. The third-order valence-corrected chi connectivity index (χ3v) is 13.2. The normalized spacial score (nSPS) is 18.2. The van der Waals surface area contributed by atoms with Gasteiger partial charge in [0.2, 0.25) is 0 Å². The van der Waals surface area contributed by atoms with Crippen LogP contribution in [-0.2, 0) is 10.8 Å². The molecule has 0 saturated carbocycles. The summed E-state index contributed by atoms with van der Waals surface area (Å²) in [5, 5.41) is 5.13. The minimum absolute atomic E-state index is 0.0507. The van der Waals surface area contributed by atoms with E-state index in [1.54, 1.807) is 0 Å². The van der Waals surface area contributed by atoms with E-state index in [2.05, 4.69) is 198 Å². The maximum Gasteiger partial charge on any atom is 0.127 e. The summed E-state index contributed by atoms with van der Waals surface area (Å²) < 4.78 is 6.62. The van der Waals surface area contributed by atoms with Gasteiger partial charge >= 0.3 is 0 Å². The Morgan fingerprint density at radius 3 is 1.49 bits per heavy atom. The van der Waals surface area contributed by atoms with Crippen molar-refractivity contribution in [2.24, 2.45) is 5.41 Å². The Balaban J connectivity index is 1.02. The highest BCUT2D eigenvalue weighted by Crippen LogP contribution is 2.62. The first-order valence-corrected chi connectivity index (χ1v) is 20.0. The van der Waals surface area contributed by atoms with Gasteiger partial charge in [0.1, 0.15) is 11.5 Å². The topological polar surface area (TPSA) is 9.23 Å². The molecule has 0 fully saturated rings. The van der Waals surface area contributed by atoms with Crippen molar-refractivity contribution in [2.75, 3.05) is 0 Å². The average molecular weight is 711 g/mol. The van der Waals surface area contributed by atoms with Gasteiger partial charge in [-0.1, -0.05) is 155 Å². The molecule has 2 atom stereocenters. The first kappa shape index (κ1) is 33.6. The van der Waals surface area contributed by atoms with Crippen LogP contribution in [0, 0.1) is 5.41 Å². The molecule has 0 radical (unpaired) electrons. The van der Waals surface area contributed by atoms with Crippen LogP contribution in [0.2, 0.25) is 0 Å². The third kappa shape index (κ3) is 4.92. The number of rotatable bonds is 8. The zero-order valence-electron chi connectivity index (χ0n) is 32.2. The van der Waals surface area contributed by atoms with E-state index in [-0.39, 0.29) is 16.2 Å². The third-order valence-electron chi connectivity index (χ3n) is 13.2. The highest BCUT2D eigenvalue weighted by Gasteiger charge is 2.54. The zero-order valence-corrected chi connectivity index (χ0v) is 32.2. The van der Waals surface area contributed by atoms with Crippen LogP contribution in [0.5, 0.6) is 11.5 Å². The van der Waals surface area contributed by atoms with E-state index in [1.165, 1.54) is 90.0 Å². The second-order valence-corrected chi connectivity index (χ2v) is 16.6. The largest absolute Gasteiger partial charge is 0.457 e. The summed E-state index contributed by atoms with van der Waals surface area (Å²) in [5.74, 6) is 1.68. The smallest absolute Gasteiger partial charge is 0.127 e. The van der Waals surface area contributed by atoms with E-state index in [0.717, 1.165) is 17.9 Å². The van der Waals surface area contributed by atoms with E-state index in [4.69, 9.17) is 4.74 Å². The Morgan fingerprint density at radius 2 is 0.909 bits per heavy atom. The molecule has 2 aliphatic carbocycles. The summed E-state index contributed by atoms with van der Waals surface area (Å²) in [6.45, 7) is 9.65. The number of benzene rings is 8. The molecule has 0 aromatic heterocycles. The lowest BCUT2D eigenvalue weighted by molar-refractivity contribution is 0.218. The average Bonchev–Trinajstić information content (AvgIpc) is 3.66. The molecular weight excluding hydrogens is 665 g/mol. The summed E-state index contributed by atoms with van der Waals surface area (Å²) in [5.41, 5.74) is 12.8. The maximum atomic E-state index is 6.62. The fourth-order valence-corrected chi connectivity index (χ4v) is 10.5. The van der Waals surface area contributed by atoms with Crippen molar-refractivity contribution in [3.05, 3.63) is 203 Å². The highest BCUT2D eigenvalue weighted by atomic mass is 16.5. The molecule has 0 amide bonds. The Kier molecular flexibility index (Phi) is 7.69. The van der Waals surface area contributed by atoms with E-state index >= 15 is 0 Å². The van der Waals surface area contributed by atoms with Crippen molar-refractivity contribution in [1.82, 2.24) is 0 Å². The molecule has 0 spiro atoms. The van der Waals surface area contributed by atoms with Crippen molar-refractivity contribution in [1.29, 1.82) is 0 Å². The van der Waals surface area contributed by atoms with E-state index in [0.29, 0.717) is 0 Å². The number of hydrogen-bond acceptors (Lipinski definition) is 1. The molecule has 0 N–H and O–H groups in total. The molecular formula is C54H46O. The van der Waals surface area contributed by atoms with Gasteiger partial charge in [-0.2, -0.15) is 0 Å². The van der Waals surface area contributed by atoms with E-state index in [1.807, 2.05) is 0 Å². The maximum absolute atomic E-state index is 6.62. The highest BCUT2D eigenvalue weighted by molar-refractivity contribution is 5.96. The van der Waals surface area contributed by atoms with Crippen LogP contribution in [0.3, 0.4) is 0 Å². The van der Waals surface area contributed by atoms with Gasteiger partial charge in [0, 0.05) is 5.41 Å². The first-order chi connectivity index (χ1) is 26.8. The molecule has 8 aromatic rings. The molecule has 8 aromatic carbocycles. The number of hydrogen-bond donors (Lipinski definition) is 0. The standard InChI is InChI=1S/C54H46O/c1-5-6-31-52(2,3)54(49-22-14-12-20-45(49)47-33-37-16-8-10-18-39(37)35-51(47)54)41-25-29-43(30-26-41)55-42-27-23-40(24-28-42)53(4)48-21-13-11-19-44(48)46-32-36-15-7-9-17-38(36)34-50(46)53/h7-30,32-35H,5-6,31H2,1-4H3. The van der Waals surface area contributed by atoms with Gasteiger partial charge in [0.05, 0.1) is 5.41 Å². The zero-order chi connectivity index (χ0) is 37.4. The second-order valence-electron chi connectivity index (χ2n) is 16.6. The van der Waals surface area contributed by atoms with Gasteiger partial charge in [-0.05, 0) is 144 Å². The van der Waals surface area contributed by atoms with Crippen LogP contribution in [0.15, 0.2) is 170 Å². The van der Waals surface area contributed by atoms with Crippen molar-refractivity contribution in [2.45, 2.75) is 57.8 Å². The molecule has 0 heterocycles. The summed E-state index contributed by atoms with van der Waals surface area (Å²) in [6, 6.07) is 63.0.